The quantitative estimate of drug-likeness (QED) is 0.445. The van der Waals surface area contributed by atoms with Crippen molar-refractivity contribution in [1.29, 1.82) is 0 Å². The van der Waals surface area contributed by atoms with Gasteiger partial charge in [-0.05, 0) is 48.6 Å². The van der Waals surface area contributed by atoms with E-state index in [2.05, 4.69) is 22.5 Å². The fourth-order valence-corrected chi connectivity index (χ4v) is 3.85. The van der Waals surface area contributed by atoms with Crippen LogP contribution >= 0.6 is 0 Å². The van der Waals surface area contributed by atoms with Gasteiger partial charge in [0.1, 0.15) is 0 Å². The lowest BCUT2D eigenvalue weighted by Crippen LogP contribution is -2.48. The first-order valence-corrected chi connectivity index (χ1v) is 10.9. The highest BCUT2D eigenvalue weighted by atomic mass is 19.1. The lowest BCUT2D eigenvalue weighted by molar-refractivity contribution is 0.198. The van der Waals surface area contributed by atoms with Crippen LogP contribution in [0.4, 0.5) is 4.39 Å². The average Bonchev–Trinajstić information content (AvgIpc) is 2.79. The second-order valence-electron chi connectivity index (χ2n) is 7.79. The number of ether oxygens (including phenoxy) is 1. The summed E-state index contributed by atoms with van der Waals surface area (Å²) >= 11 is 0. The van der Waals surface area contributed by atoms with Crippen molar-refractivity contribution in [2.24, 2.45) is 4.99 Å². The average molecular weight is 429 g/mol. The van der Waals surface area contributed by atoms with Crippen LogP contribution in [0.1, 0.15) is 36.5 Å². The maximum atomic E-state index is 13.9. The van der Waals surface area contributed by atoms with Crippen molar-refractivity contribution in [3.05, 3.63) is 65.0 Å². The third kappa shape index (κ3) is 6.67. The maximum absolute atomic E-state index is 13.9. The van der Waals surface area contributed by atoms with Gasteiger partial charge in [0.2, 0.25) is 0 Å². The number of hydrogen-bond acceptors (Lipinski definition) is 4. The van der Waals surface area contributed by atoms with Crippen molar-refractivity contribution in [2.45, 2.75) is 45.5 Å². The van der Waals surface area contributed by atoms with Crippen molar-refractivity contribution >= 4 is 5.96 Å². The Morgan fingerprint density at radius 1 is 1.19 bits per heavy atom. The summed E-state index contributed by atoms with van der Waals surface area (Å²) in [5, 5.41) is 16.4. The van der Waals surface area contributed by atoms with E-state index in [1.807, 2.05) is 30.3 Å². The molecule has 0 saturated carbocycles. The summed E-state index contributed by atoms with van der Waals surface area (Å²) in [6, 6.07) is 13.3. The van der Waals surface area contributed by atoms with E-state index < -0.39 is 0 Å². The molecule has 6 nitrogen and oxygen atoms in total. The Hall–Kier alpha value is -2.64. The van der Waals surface area contributed by atoms with Gasteiger partial charge in [-0.15, -0.1) is 0 Å². The van der Waals surface area contributed by atoms with Crippen molar-refractivity contribution in [2.75, 3.05) is 26.7 Å². The lowest BCUT2D eigenvalue weighted by Gasteiger charge is -2.33. The summed E-state index contributed by atoms with van der Waals surface area (Å²) in [6.45, 7) is 6.00. The zero-order valence-corrected chi connectivity index (χ0v) is 18.4. The first-order valence-electron chi connectivity index (χ1n) is 10.9. The molecule has 2 aromatic carbocycles. The fourth-order valence-electron chi connectivity index (χ4n) is 3.85. The van der Waals surface area contributed by atoms with E-state index in [4.69, 9.17) is 9.73 Å². The molecular formula is C24H33FN4O2. The predicted octanol–water partition coefficient (Wildman–Crippen LogP) is 3.05. The Bertz CT molecular complexity index is 866. The molecule has 3 rings (SSSR count). The number of aliphatic hydroxyl groups is 1. The van der Waals surface area contributed by atoms with Crippen LogP contribution in [0.3, 0.4) is 0 Å². The molecule has 1 aliphatic heterocycles. The summed E-state index contributed by atoms with van der Waals surface area (Å²) in [6.07, 6.45) is 1.99. The van der Waals surface area contributed by atoms with Crippen LogP contribution in [0.15, 0.2) is 47.5 Å². The normalized spacial score (nSPS) is 15.7. The monoisotopic (exact) mass is 428 g/mol. The van der Waals surface area contributed by atoms with Crippen LogP contribution in [0.25, 0.3) is 0 Å². The number of aliphatic imine (C=N–C) groups is 1. The van der Waals surface area contributed by atoms with Gasteiger partial charge < -0.3 is 20.5 Å². The fraction of sp³-hybridized carbons (Fsp3) is 0.458. The van der Waals surface area contributed by atoms with E-state index in [1.54, 1.807) is 12.1 Å². The van der Waals surface area contributed by atoms with Crippen molar-refractivity contribution in [1.82, 2.24) is 15.5 Å². The van der Waals surface area contributed by atoms with Crippen LogP contribution in [0.5, 0.6) is 5.75 Å². The summed E-state index contributed by atoms with van der Waals surface area (Å²) in [5.74, 6) is 0.764. The summed E-state index contributed by atoms with van der Waals surface area (Å²) in [5.41, 5.74) is 2.90. The number of guanidine groups is 1. The molecule has 0 unspecified atom stereocenters. The number of nitrogens with one attached hydrogen (secondary N) is 2. The predicted molar refractivity (Wildman–Crippen MR) is 122 cm³/mol. The summed E-state index contributed by atoms with van der Waals surface area (Å²) in [4.78, 5) is 7.06. The smallest absolute Gasteiger partial charge is 0.191 e. The second-order valence-corrected chi connectivity index (χ2v) is 7.79. The van der Waals surface area contributed by atoms with E-state index in [0.29, 0.717) is 12.6 Å². The molecule has 7 heteroatoms. The molecule has 0 atom stereocenters. The van der Waals surface area contributed by atoms with Crippen LogP contribution in [0, 0.1) is 5.82 Å². The molecule has 1 saturated heterocycles. The van der Waals surface area contributed by atoms with Crippen molar-refractivity contribution in [3.63, 3.8) is 0 Å². The maximum Gasteiger partial charge on any atom is 0.191 e. The topological polar surface area (TPSA) is 69.1 Å². The minimum Gasteiger partial charge on any atom is -0.494 e. The largest absolute Gasteiger partial charge is 0.494 e. The first-order chi connectivity index (χ1) is 15.1. The number of rotatable bonds is 8. The van der Waals surface area contributed by atoms with Crippen LogP contribution in [0.2, 0.25) is 0 Å². The molecule has 0 amide bonds. The van der Waals surface area contributed by atoms with E-state index in [1.165, 1.54) is 7.11 Å². The Labute approximate surface area is 184 Å². The number of hydrogen-bond donors (Lipinski definition) is 3. The Morgan fingerprint density at radius 2 is 1.94 bits per heavy atom. The zero-order chi connectivity index (χ0) is 22.1. The molecule has 0 radical (unpaired) electrons. The van der Waals surface area contributed by atoms with Gasteiger partial charge in [0.05, 0.1) is 20.3 Å². The van der Waals surface area contributed by atoms with E-state index in [-0.39, 0.29) is 18.2 Å². The van der Waals surface area contributed by atoms with E-state index in [9.17, 15) is 9.50 Å². The van der Waals surface area contributed by atoms with Crippen LogP contribution in [-0.2, 0) is 19.7 Å². The summed E-state index contributed by atoms with van der Waals surface area (Å²) in [7, 11) is 1.48. The third-order valence-corrected chi connectivity index (χ3v) is 5.59. The van der Waals surface area contributed by atoms with Crippen molar-refractivity contribution < 1.29 is 14.2 Å². The molecule has 31 heavy (non-hydrogen) atoms. The molecule has 3 N–H and O–H groups in total. The lowest BCUT2D eigenvalue weighted by atomic mass is 10.0. The highest BCUT2D eigenvalue weighted by Crippen LogP contribution is 2.20. The molecule has 1 heterocycles. The minimum atomic E-state index is -0.314. The van der Waals surface area contributed by atoms with Gasteiger partial charge in [-0.25, -0.2) is 9.38 Å². The van der Waals surface area contributed by atoms with Gasteiger partial charge in [-0.2, -0.15) is 0 Å². The molecule has 0 spiro atoms. The number of likely N-dealkylation sites (tertiary alicyclic amines) is 1. The number of benzene rings is 2. The summed E-state index contributed by atoms with van der Waals surface area (Å²) < 4.78 is 18.9. The third-order valence-electron chi connectivity index (χ3n) is 5.59. The molecule has 0 bridgehead atoms. The SMILES string of the molecule is CCNC(=NCc1ccccc1CO)NC1CCN(Cc2ccc(OC)c(F)c2)CC1. The molecule has 1 aliphatic rings. The van der Waals surface area contributed by atoms with Gasteiger partial charge in [0, 0.05) is 32.2 Å². The second kappa shape index (κ2) is 11.7. The van der Waals surface area contributed by atoms with Gasteiger partial charge in [-0.1, -0.05) is 30.3 Å². The number of aliphatic hydroxyl groups excluding tert-OH is 1. The highest BCUT2D eigenvalue weighted by Gasteiger charge is 2.20. The number of piperidine rings is 1. The van der Waals surface area contributed by atoms with Crippen LogP contribution < -0.4 is 15.4 Å². The molecule has 1 fully saturated rings. The Morgan fingerprint density at radius 3 is 2.58 bits per heavy atom. The number of methoxy groups -OCH3 is 1. The molecular weight excluding hydrogens is 395 g/mol. The molecule has 168 valence electrons. The molecule has 2 aromatic rings. The Kier molecular flexibility index (Phi) is 8.67. The Balaban J connectivity index is 1.52. The van der Waals surface area contributed by atoms with Crippen LogP contribution in [-0.4, -0.2) is 48.8 Å². The van der Waals surface area contributed by atoms with Gasteiger partial charge in [-0.3, -0.25) is 4.90 Å². The van der Waals surface area contributed by atoms with Gasteiger partial charge >= 0.3 is 0 Å². The minimum absolute atomic E-state index is 0.0201. The molecule has 0 aliphatic carbocycles. The number of halogens is 1. The highest BCUT2D eigenvalue weighted by molar-refractivity contribution is 5.80. The standard InChI is InChI=1S/C24H33FN4O2/c1-3-26-24(27-15-19-6-4-5-7-20(19)17-30)28-21-10-12-29(13-11-21)16-18-8-9-23(31-2)22(25)14-18/h4-9,14,21,30H,3,10-13,15-17H2,1-2H3,(H2,26,27,28). The van der Waals surface area contributed by atoms with Crippen molar-refractivity contribution in [3.8, 4) is 5.75 Å². The van der Waals surface area contributed by atoms with E-state index in [0.717, 1.165) is 61.7 Å². The molecule has 0 aromatic heterocycles. The van der Waals surface area contributed by atoms with E-state index >= 15 is 0 Å². The zero-order valence-electron chi connectivity index (χ0n) is 18.4. The van der Waals surface area contributed by atoms with Gasteiger partial charge in [0.15, 0.2) is 17.5 Å². The first kappa shape index (κ1) is 23.0. The van der Waals surface area contributed by atoms with Gasteiger partial charge in [0.25, 0.3) is 0 Å². The number of nitrogens with zero attached hydrogens (tertiary/aromatic N) is 2.